The van der Waals surface area contributed by atoms with Crippen LogP contribution in [-0.2, 0) is 17.6 Å². The monoisotopic (exact) mass is 268 g/mol. The van der Waals surface area contributed by atoms with Crippen molar-refractivity contribution in [1.82, 2.24) is 0 Å². The Morgan fingerprint density at radius 1 is 1.24 bits per heavy atom. The van der Waals surface area contributed by atoms with Crippen LogP contribution in [0.25, 0.3) is 0 Å². The fourth-order valence-corrected chi connectivity index (χ4v) is 2.53. The van der Waals surface area contributed by atoms with E-state index in [1.54, 1.807) is 6.07 Å². The number of hydrogen-bond acceptors (Lipinski definition) is 2. The van der Waals surface area contributed by atoms with Gasteiger partial charge in [0.15, 0.2) is 0 Å². The molecule has 0 saturated heterocycles. The predicted octanol–water partition coefficient (Wildman–Crippen LogP) is 3.89. The molecule has 0 atom stereocenters. The number of Topliss-reactive ketones (excluding diaryl/α,β-unsaturated/α-hetero) is 1. The fraction of sp³-hybridized carbons (Fsp3) is 0.154. The zero-order valence-corrected chi connectivity index (χ0v) is 10.5. The summed E-state index contributed by atoms with van der Waals surface area (Å²) in [5, 5.41) is 2.23. The minimum atomic E-state index is -0.419. The van der Waals surface area contributed by atoms with Gasteiger partial charge in [0.2, 0.25) is 0 Å². The molecule has 4 heteroatoms. The molecule has 88 valence electrons. The van der Waals surface area contributed by atoms with Crippen molar-refractivity contribution in [2.24, 2.45) is 0 Å². The second kappa shape index (κ2) is 5.43. The van der Waals surface area contributed by atoms with Crippen molar-refractivity contribution >= 4 is 28.7 Å². The third-order valence-electron chi connectivity index (χ3n) is 2.39. The molecule has 0 bridgehead atoms. The maximum atomic E-state index is 13.5. The van der Waals surface area contributed by atoms with Gasteiger partial charge in [-0.2, -0.15) is 0 Å². The molecule has 0 spiro atoms. The highest BCUT2D eigenvalue weighted by atomic mass is 35.5. The molecule has 0 aliphatic carbocycles. The van der Waals surface area contributed by atoms with Gasteiger partial charge in [0, 0.05) is 28.3 Å². The number of benzene rings is 1. The summed E-state index contributed by atoms with van der Waals surface area (Å²) in [4.78, 5) is 12.8. The highest BCUT2D eigenvalue weighted by molar-refractivity contribution is 7.10. The molecule has 1 aromatic heterocycles. The third kappa shape index (κ3) is 3.14. The SMILES string of the molecule is O=C(Cc1cccs1)Cc1c(F)cccc1Cl. The molecule has 0 aliphatic heterocycles. The zero-order valence-electron chi connectivity index (χ0n) is 8.95. The molecule has 0 amide bonds. The number of halogens is 2. The molecule has 1 aromatic carbocycles. The first kappa shape index (κ1) is 12.3. The van der Waals surface area contributed by atoms with Gasteiger partial charge in [-0.25, -0.2) is 4.39 Å². The van der Waals surface area contributed by atoms with E-state index < -0.39 is 5.82 Å². The number of hydrogen-bond donors (Lipinski definition) is 0. The average molecular weight is 269 g/mol. The van der Waals surface area contributed by atoms with E-state index in [1.807, 2.05) is 17.5 Å². The molecule has 2 aromatic rings. The van der Waals surface area contributed by atoms with Gasteiger partial charge >= 0.3 is 0 Å². The lowest BCUT2D eigenvalue weighted by molar-refractivity contribution is -0.117. The van der Waals surface area contributed by atoms with E-state index in [9.17, 15) is 9.18 Å². The van der Waals surface area contributed by atoms with Gasteiger partial charge in [-0.1, -0.05) is 23.7 Å². The maximum absolute atomic E-state index is 13.5. The van der Waals surface area contributed by atoms with Crippen LogP contribution in [0.3, 0.4) is 0 Å². The molecule has 0 unspecified atom stereocenters. The van der Waals surface area contributed by atoms with Gasteiger partial charge in [-0.3, -0.25) is 4.79 Å². The minimum absolute atomic E-state index is 0.0283. The van der Waals surface area contributed by atoms with Crippen molar-refractivity contribution in [3.63, 3.8) is 0 Å². The van der Waals surface area contributed by atoms with Crippen molar-refractivity contribution in [2.45, 2.75) is 12.8 Å². The lowest BCUT2D eigenvalue weighted by atomic mass is 10.1. The smallest absolute Gasteiger partial charge is 0.142 e. The molecule has 1 heterocycles. The van der Waals surface area contributed by atoms with Crippen molar-refractivity contribution in [3.8, 4) is 0 Å². The molecular weight excluding hydrogens is 259 g/mol. The summed E-state index contributed by atoms with van der Waals surface area (Å²) in [6, 6.07) is 8.23. The lowest BCUT2D eigenvalue weighted by Gasteiger charge is -2.04. The fourth-order valence-electron chi connectivity index (χ4n) is 1.57. The Kier molecular flexibility index (Phi) is 3.92. The number of rotatable bonds is 4. The number of ketones is 1. The minimum Gasteiger partial charge on any atom is -0.299 e. The third-order valence-corrected chi connectivity index (χ3v) is 3.62. The van der Waals surface area contributed by atoms with Crippen LogP contribution >= 0.6 is 22.9 Å². The summed E-state index contributed by atoms with van der Waals surface area (Å²) in [7, 11) is 0. The summed E-state index contributed by atoms with van der Waals surface area (Å²) in [5.41, 5.74) is 0.288. The standard InChI is InChI=1S/C13H10ClFOS/c14-12-4-1-5-13(15)11(12)8-9(16)7-10-3-2-6-17-10/h1-6H,7-8H2. The van der Waals surface area contributed by atoms with Crippen LogP contribution in [0.5, 0.6) is 0 Å². The molecule has 2 rings (SSSR count). The van der Waals surface area contributed by atoms with E-state index in [1.165, 1.54) is 23.5 Å². The second-order valence-electron chi connectivity index (χ2n) is 3.67. The summed E-state index contributed by atoms with van der Waals surface area (Å²) in [6.07, 6.45) is 0.381. The summed E-state index contributed by atoms with van der Waals surface area (Å²) < 4.78 is 13.5. The van der Waals surface area contributed by atoms with Crippen LogP contribution in [-0.4, -0.2) is 5.78 Å². The molecule has 0 aliphatic rings. The maximum Gasteiger partial charge on any atom is 0.142 e. The molecule has 0 saturated carbocycles. The first-order valence-electron chi connectivity index (χ1n) is 5.14. The topological polar surface area (TPSA) is 17.1 Å². The summed E-state index contributed by atoms with van der Waals surface area (Å²) in [6.45, 7) is 0. The van der Waals surface area contributed by atoms with Crippen molar-refractivity contribution in [3.05, 3.63) is 57.0 Å². The Labute approximate surface area is 108 Å². The highest BCUT2D eigenvalue weighted by Gasteiger charge is 2.12. The average Bonchev–Trinajstić information content (AvgIpc) is 2.76. The van der Waals surface area contributed by atoms with Crippen molar-refractivity contribution in [2.75, 3.05) is 0 Å². The number of carbonyl (C=O) groups is 1. The van der Waals surface area contributed by atoms with E-state index in [0.717, 1.165) is 4.88 Å². The first-order valence-corrected chi connectivity index (χ1v) is 6.39. The second-order valence-corrected chi connectivity index (χ2v) is 5.11. The Morgan fingerprint density at radius 3 is 2.71 bits per heavy atom. The Hall–Kier alpha value is -1.19. The van der Waals surface area contributed by atoms with Crippen LogP contribution < -0.4 is 0 Å². The number of thiophene rings is 1. The first-order chi connectivity index (χ1) is 8.16. The quantitative estimate of drug-likeness (QED) is 0.822. The zero-order chi connectivity index (χ0) is 12.3. The molecule has 0 radical (unpaired) electrons. The molecule has 1 nitrogen and oxygen atoms in total. The van der Waals surface area contributed by atoms with Gasteiger partial charge in [-0.05, 0) is 23.6 Å². The van der Waals surface area contributed by atoms with E-state index in [4.69, 9.17) is 11.6 Å². The van der Waals surface area contributed by atoms with Gasteiger partial charge in [0.05, 0.1) is 0 Å². The van der Waals surface area contributed by atoms with Crippen LogP contribution in [0.2, 0.25) is 5.02 Å². The van der Waals surface area contributed by atoms with Crippen molar-refractivity contribution < 1.29 is 9.18 Å². The van der Waals surface area contributed by atoms with E-state index in [-0.39, 0.29) is 17.8 Å². The van der Waals surface area contributed by atoms with Crippen LogP contribution in [0.15, 0.2) is 35.7 Å². The van der Waals surface area contributed by atoms with Crippen LogP contribution in [0.4, 0.5) is 4.39 Å². The largest absolute Gasteiger partial charge is 0.299 e. The predicted molar refractivity (Wildman–Crippen MR) is 68.1 cm³/mol. The molecule has 17 heavy (non-hydrogen) atoms. The lowest BCUT2D eigenvalue weighted by Crippen LogP contribution is -2.07. The van der Waals surface area contributed by atoms with Gasteiger partial charge in [0.1, 0.15) is 11.6 Å². The molecule has 0 N–H and O–H groups in total. The normalized spacial score (nSPS) is 10.5. The summed E-state index contributed by atoms with van der Waals surface area (Å²) in [5.74, 6) is -0.448. The van der Waals surface area contributed by atoms with Crippen LogP contribution in [0, 0.1) is 5.82 Å². The Bertz CT molecular complexity index is 502. The summed E-state index contributed by atoms with van der Waals surface area (Å²) >= 11 is 7.39. The van der Waals surface area contributed by atoms with E-state index in [2.05, 4.69) is 0 Å². The number of carbonyl (C=O) groups excluding carboxylic acids is 1. The van der Waals surface area contributed by atoms with Gasteiger partial charge in [-0.15, -0.1) is 11.3 Å². The van der Waals surface area contributed by atoms with E-state index in [0.29, 0.717) is 11.4 Å². The van der Waals surface area contributed by atoms with Crippen LogP contribution in [0.1, 0.15) is 10.4 Å². The highest BCUT2D eigenvalue weighted by Crippen LogP contribution is 2.20. The Morgan fingerprint density at radius 2 is 2.06 bits per heavy atom. The molecular formula is C13H10ClFOS. The Balaban J connectivity index is 2.08. The van der Waals surface area contributed by atoms with E-state index >= 15 is 0 Å². The van der Waals surface area contributed by atoms with Gasteiger partial charge in [0.25, 0.3) is 0 Å². The van der Waals surface area contributed by atoms with Gasteiger partial charge < -0.3 is 0 Å². The van der Waals surface area contributed by atoms with Crippen molar-refractivity contribution in [1.29, 1.82) is 0 Å². The molecule has 0 fully saturated rings.